The van der Waals surface area contributed by atoms with Crippen molar-refractivity contribution in [3.05, 3.63) is 29.3 Å². The fraction of sp³-hybridized carbons (Fsp3) is 0.429. The summed E-state index contributed by atoms with van der Waals surface area (Å²) in [6, 6.07) is 5.56. The van der Waals surface area contributed by atoms with Crippen molar-refractivity contribution in [2.75, 3.05) is 19.0 Å². The van der Waals surface area contributed by atoms with Gasteiger partial charge < -0.3 is 4.90 Å². The number of Topliss-reactive ketones (excluding diaryl/α,β-unsaturated/α-hetero) is 1. The van der Waals surface area contributed by atoms with Crippen LogP contribution in [0.3, 0.4) is 0 Å². The molecule has 0 unspecified atom stereocenters. The molecule has 0 saturated carbocycles. The van der Waals surface area contributed by atoms with E-state index in [9.17, 15) is 9.59 Å². The molecule has 1 rings (SSSR count). The van der Waals surface area contributed by atoms with Gasteiger partial charge in [-0.1, -0.05) is 13.8 Å². The summed E-state index contributed by atoms with van der Waals surface area (Å²) in [5.41, 5.74) is 2.41. The van der Waals surface area contributed by atoms with Crippen LogP contribution < -0.4 is 4.90 Å². The summed E-state index contributed by atoms with van der Waals surface area (Å²) < 4.78 is 0. The number of carbonyl (C=O) groups is 2. The number of aldehydes is 1. The molecular formula is C14H19NO2. The molecule has 0 aliphatic heterocycles. The zero-order chi connectivity index (χ0) is 13.0. The van der Waals surface area contributed by atoms with Crippen LogP contribution in [0.25, 0.3) is 0 Å². The van der Waals surface area contributed by atoms with Gasteiger partial charge in [0.05, 0.1) is 0 Å². The molecule has 0 bridgehead atoms. The van der Waals surface area contributed by atoms with Gasteiger partial charge in [0, 0.05) is 37.7 Å². The second-order valence-electron chi connectivity index (χ2n) is 4.69. The molecule has 0 heterocycles. The molecule has 92 valence electrons. The summed E-state index contributed by atoms with van der Waals surface area (Å²) in [4.78, 5) is 24.6. The van der Waals surface area contributed by atoms with E-state index >= 15 is 0 Å². The number of benzene rings is 1. The molecule has 0 atom stereocenters. The number of hydrogen-bond donors (Lipinski definition) is 0. The minimum atomic E-state index is -0.00230. The number of nitrogens with zero attached hydrogens (tertiary/aromatic N) is 1. The van der Waals surface area contributed by atoms with Crippen LogP contribution >= 0.6 is 0 Å². The first-order chi connectivity index (χ1) is 7.95. The van der Waals surface area contributed by atoms with Crippen molar-refractivity contribution < 1.29 is 9.59 Å². The maximum Gasteiger partial charge on any atom is 0.150 e. The van der Waals surface area contributed by atoms with Gasteiger partial charge in [0.15, 0.2) is 0 Å². The molecule has 3 heteroatoms. The van der Waals surface area contributed by atoms with Gasteiger partial charge in [-0.15, -0.1) is 0 Å². The van der Waals surface area contributed by atoms with Crippen molar-refractivity contribution in [3.8, 4) is 0 Å². The molecule has 1 aromatic carbocycles. The highest BCUT2D eigenvalue weighted by Gasteiger charge is 2.12. The van der Waals surface area contributed by atoms with Crippen molar-refractivity contribution >= 4 is 17.8 Å². The Labute approximate surface area is 102 Å². The lowest BCUT2D eigenvalue weighted by Crippen LogP contribution is -2.13. The van der Waals surface area contributed by atoms with Gasteiger partial charge in [0.25, 0.3) is 0 Å². The highest BCUT2D eigenvalue weighted by atomic mass is 16.1. The fourth-order valence-corrected chi connectivity index (χ4v) is 1.53. The number of rotatable bonds is 5. The highest BCUT2D eigenvalue weighted by molar-refractivity contribution is 5.87. The van der Waals surface area contributed by atoms with E-state index < -0.39 is 0 Å². The first kappa shape index (κ1) is 13.4. The van der Waals surface area contributed by atoms with E-state index in [0.29, 0.717) is 12.0 Å². The highest BCUT2D eigenvalue weighted by Crippen LogP contribution is 2.18. The fourth-order valence-electron chi connectivity index (χ4n) is 1.53. The van der Waals surface area contributed by atoms with E-state index in [0.717, 1.165) is 17.5 Å². The lowest BCUT2D eigenvalue weighted by Gasteiger charge is -2.15. The van der Waals surface area contributed by atoms with E-state index in [4.69, 9.17) is 0 Å². The molecule has 17 heavy (non-hydrogen) atoms. The predicted molar refractivity (Wildman–Crippen MR) is 69.7 cm³/mol. The minimum Gasteiger partial charge on any atom is -0.378 e. The van der Waals surface area contributed by atoms with Crippen molar-refractivity contribution in [1.82, 2.24) is 0 Å². The Morgan fingerprint density at radius 2 is 2.00 bits per heavy atom. The predicted octanol–water partition coefficient (Wildman–Crippen LogP) is 2.33. The molecule has 1 aromatic rings. The van der Waals surface area contributed by atoms with Crippen molar-refractivity contribution in [1.29, 1.82) is 0 Å². The molecular weight excluding hydrogens is 214 g/mol. The van der Waals surface area contributed by atoms with E-state index in [1.165, 1.54) is 0 Å². The molecule has 0 fully saturated rings. The summed E-state index contributed by atoms with van der Waals surface area (Å²) in [5.74, 6) is 0.154. The van der Waals surface area contributed by atoms with Crippen LogP contribution in [-0.4, -0.2) is 26.2 Å². The Kier molecular flexibility index (Phi) is 4.44. The van der Waals surface area contributed by atoms with Crippen molar-refractivity contribution in [2.24, 2.45) is 5.92 Å². The number of ketones is 1. The smallest absolute Gasteiger partial charge is 0.150 e. The third-order valence-corrected chi connectivity index (χ3v) is 2.78. The van der Waals surface area contributed by atoms with Crippen LogP contribution in [0.1, 0.15) is 29.8 Å². The van der Waals surface area contributed by atoms with Crippen LogP contribution in [-0.2, 0) is 11.2 Å². The molecule has 0 aliphatic rings. The minimum absolute atomic E-state index is 0.00230. The number of carbonyl (C=O) groups excluding carboxylic acids is 2. The molecule has 0 N–H and O–H groups in total. The van der Waals surface area contributed by atoms with Crippen LogP contribution in [0.5, 0.6) is 0 Å². The standard InChI is InChI=1S/C14H19NO2/c1-10(2)14(17)8-12-7-13(15(3)4)6-5-11(12)9-16/h5-7,9-10H,8H2,1-4H3. The topological polar surface area (TPSA) is 37.4 Å². The normalized spacial score (nSPS) is 10.4. The van der Waals surface area contributed by atoms with Crippen LogP contribution in [0.2, 0.25) is 0 Å². The molecule has 0 radical (unpaired) electrons. The van der Waals surface area contributed by atoms with Gasteiger partial charge in [0.2, 0.25) is 0 Å². The second kappa shape index (κ2) is 5.62. The maximum atomic E-state index is 11.7. The van der Waals surface area contributed by atoms with E-state index in [-0.39, 0.29) is 11.7 Å². The number of hydrogen-bond acceptors (Lipinski definition) is 3. The van der Waals surface area contributed by atoms with Gasteiger partial charge in [0.1, 0.15) is 12.1 Å². The lowest BCUT2D eigenvalue weighted by atomic mass is 9.97. The molecule has 0 amide bonds. The maximum absolute atomic E-state index is 11.7. The summed E-state index contributed by atoms with van der Waals surface area (Å²) >= 11 is 0. The Bertz CT molecular complexity index is 422. The van der Waals surface area contributed by atoms with Gasteiger partial charge in [-0.3, -0.25) is 9.59 Å². The Hall–Kier alpha value is -1.64. The molecule has 0 aromatic heterocycles. The zero-order valence-electron chi connectivity index (χ0n) is 10.9. The average Bonchev–Trinajstić information content (AvgIpc) is 2.28. The number of anilines is 1. The quantitative estimate of drug-likeness (QED) is 0.732. The first-order valence-corrected chi connectivity index (χ1v) is 5.74. The lowest BCUT2D eigenvalue weighted by molar-refractivity contribution is -0.121. The summed E-state index contributed by atoms with van der Waals surface area (Å²) in [6.07, 6.45) is 1.13. The Morgan fingerprint density at radius 1 is 1.35 bits per heavy atom. The first-order valence-electron chi connectivity index (χ1n) is 5.74. The van der Waals surface area contributed by atoms with Crippen LogP contribution in [0.4, 0.5) is 5.69 Å². The third kappa shape index (κ3) is 3.41. The SMILES string of the molecule is CC(C)C(=O)Cc1cc(N(C)C)ccc1C=O. The molecule has 0 aliphatic carbocycles. The largest absolute Gasteiger partial charge is 0.378 e. The monoisotopic (exact) mass is 233 g/mol. The van der Waals surface area contributed by atoms with Gasteiger partial charge in [-0.25, -0.2) is 0 Å². The van der Waals surface area contributed by atoms with Gasteiger partial charge >= 0.3 is 0 Å². The van der Waals surface area contributed by atoms with E-state index in [2.05, 4.69) is 0 Å². The molecule has 3 nitrogen and oxygen atoms in total. The van der Waals surface area contributed by atoms with Gasteiger partial charge in [-0.2, -0.15) is 0 Å². The Morgan fingerprint density at radius 3 is 2.47 bits per heavy atom. The van der Waals surface area contributed by atoms with E-state index in [1.807, 2.05) is 45.0 Å². The summed E-state index contributed by atoms with van der Waals surface area (Å²) in [7, 11) is 3.87. The Balaban J connectivity index is 3.06. The summed E-state index contributed by atoms with van der Waals surface area (Å²) in [6.45, 7) is 3.75. The van der Waals surface area contributed by atoms with Crippen molar-refractivity contribution in [3.63, 3.8) is 0 Å². The molecule has 0 spiro atoms. The second-order valence-corrected chi connectivity index (χ2v) is 4.69. The summed E-state index contributed by atoms with van der Waals surface area (Å²) in [5, 5.41) is 0. The zero-order valence-corrected chi connectivity index (χ0v) is 10.9. The van der Waals surface area contributed by atoms with Crippen LogP contribution in [0.15, 0.2) is 18.2 Å². The average molecular weight is 233 g/mol. The van der Waals surface area contributed by atoms with Crippen LogP contribution in [0, 0.1) is 5.92 Å². The van der Waals surface area contributed by atoms with E-state index in [1.54, 1.807) is 6.07 Å². The third-order valence-electron chi connectivity index (χ3n) is 2.78. The van der Waals surface area contributed by atoms with Gasteiger partial charge in [-0.05, 0) is 23.8 Å². The van der Waals surface area contributed by atoms with Crippen molar-refractivity contribution in [2.45, 2.75) is 20.3 Å². The molecule has 0 saturated heterocycles.